The van der Waals surface area contributed by atoms with Crippen LogP contribution in [0.25, 0.3) is 10.2 Å². The van der Waals surface area contributed by atoms with Gasteiger partial charge in [0.05, 0.1) is 23.3 Å². The zero-order valence-electron chi connectivity index (χ0n) is 20.6. The minimum atomic E-state index is 0.429. The summed E-state index contributed by atoms with van der Waals surface area (Å²) in [5.74, 6) is 1.79. The maximum atomic E-state index is 5.50. The first-order chi connectivity index (χ1) is 17.2. The number of piperazine rings is 1. The number of nitrogens with zero attached hydrogens (tertiary/aromatic N) is 6. The van der Waals surface area contributed by atoms with E-state index >= 15 is 0 Å². The second-order valence-electron chi connectivity index (χ2n) is 10.2. The summed E-state index contributed by atoms with van der Waals surface area (Å²) in [5, 5.41) is 13.0. The minimum absolute atomic E-state index is 0.429. The number of aryl methyl sites for hydroxylation is 1. The Balaban J connectivity index is 1.15. The van der Waals surface area contributed by atoms with Crippen LogP contribution < -0.4 is 10.6 Å². The molecule has 1 saturated carbocycles. The van der Waals surface area contributed by atoms with Gasteiger partial charge in [-0.2, -0.15) is 9.47 Å². The summed E-state index contributed by atoms with van der Waals surface area (Å²) in [6.45, 7) is 8.31. The summed E-state index contributed by atoms with van der Waals surface area (Å²) in [4.78, 5) is 13.6. The smallest absolute Gasteiger partial charge is 0.149 e. The number of aromatic nitrogens is 5. The molecule has 5 heterocycles. The van der Waals surface area contributed by atoms with Crippen LogP contribution in [0.2, 0.25) is 0 Å². The first kappa shape index (κ1) is 23.3. The van der Waals surface area contributed by atoms with Crippen LogP contribution in [0.4, 0.5) is 5.82 Å². The lowest BCUT2D eigenvalue weighted by Gasteiger charge is -2.39. The van der Waals surface area contributed by atoms with Crippen molar-refractivity contribution in [1.82, 2.24) is 34.3 Å². The molecule has 0 aromatic carbocycles. The van der Waals surface area contributed by atoms with Crippen LogP contribution in [0.5, 0.6) is 0 Å². The number of anilines is 1. The van der Waals surface area contributed by atoms with E-state index in [0.717, 1.165) is 78.3 Å². The highest BCUT2D eigenvalue weighted by atomic mass is 32.1. The lowest BCUT2D eigenvalue weighted by Crippen LogP contribution is -2.50. The molecule has 3 aromatic rings. The molecule has 3 fully saturated rings. The molecule has 2 saturated heterocycles. The minimum Gasteiger partial charge on any atom is -0.381 e. The normalized spacial score (nSPS) is 24.7. The number of hydrogen-bond donors (Lipinski definition) is 2. The van der Waals surface area contributed by atoms with Crippen molar-refractivity contribution in [3.63, 3.8) is 0 Å². The van der Waals surface area contributed by atoms with Gasteiger partial charge in [-0.25, -0.2) is 9.97 Å². The molecule has 1 aliphatic carbocycles. The topological polar surface area (TPSA) is 93.0 Å². The molecule has 6 rings (SSSR count). The van der Waals surface area contributed by atoms with E-state index in [4.69, 9.17) is 14.7 Å². The Morgan fingerprint density at radius 2 is 1.86 bits per heavy atom. The van der Waals surface area contributed by atoms with Crippen molar-refractivity contribution < 1.29 is 4.74 Å². The van der Waals surface area contributed by atoms with Crippen molar-refractivity contribution in [3.05, 3.63) is 29.5 Å². The SMILES string of the molecule is Cc1nsc2nc(Cc3cnn(C4CCOCC4)c3)nc(NC3CCC(N4CCNCC4)CC3)c12. The zero-order chi connectivity index (χ0) is 23.6. The van der Waals surface area contributed by atoms with Gasteiger partial charge in [-0.05, 0) is 62.5 Å². The van der Waals surface area contributed by atoms with Crippen molar-refractivity contribution >= 4 is 27.6 Å². The van der Waals surface area contributed by atoms with Crippen LogP contribution >= 0.6 is 11.5 Å². The van der Waals surface area contributed by atoms with Gasteiger partial charge in [-0.1, -0.05) is 0 Å². The molecular formula is C25H36N8OS. The van der Waals surface area contributed by atoms with Crippen LogP contribution in [0.3, 0.4) is 0 Å². The maximum absolute atomic E-state index is 5.50. The number of nitrogens with one attached hydrogen (secondary N) is 2. The summed E-state index contributed by atoms with van der Waals surface area (Å²) in [5.41, 5.74) is 2.17. The van der Waals surface area contributed by atoms with E-state index in [2.05, 4.69) is 42.8 Å². The molecule has 2 aliphatic heterocycles. The van der Waals surface area contributed by atoms with Crippen molar-refractivity contribution in [3.8, 4) is 0 Å². The van der Waals surface area contributed by atoms with Gasteiger partial charge in [0.25, 0.3) is 0 Å². The third-order valence-corrected chi connectivity index (χ3v) is 8.67. The predicted molar refractivity (Wildman–Crippen MR) is 138 cm³/mol. The number of hydrogen-bond acceptors (Lipinski definition) is 9. The van der Waals surface area contributed by atoms with Crippen LogP contribution in [0.15, 0.2) is 12.4 Å². The van der Waals surface area contributed by atoms with Crippen LogP contribution in [-0.4, -0.2) is 80.5 Å². The van der Waals surface area contributed by atoms with E-state index in [1.807, 2.05) is 6.20 Å². The highest BCUT2D eigenvalue weighted by Crippen LogP contribution is 2.31. The summed E-state index contributed by atoms with van der Waals surface area (Å²) in [6.07, 6.45) is 11.7. The molecule has 2 N–H and O–H groups in total. The fourth-order valence-corrected chi connectivity index (χ4v) is 6.64. The van der Waals surface area contributed by atoms with Crippen molar-refractivity contribution in [2.75, 3.05) is 44.7 Å². The zero-order valence-corrected chi connectivity index (χ0v) is 21.4. The van der Waals surface area contributed by atoms with E-state index in [0.29, 0.717) is 18.5 Å². The third-order valence-electron chi connectivity index (χ3n) is 7.84. The van der Waals surface area contributed by atoms with Gasteiger partial charge < -0.3 is 15.4 Å². The highest BCUT2D eigenvalue weighted by Gasteiger charge is 2.27. The fourth-order valence-electron chi connectivity index (χ4n) is 5.84. The van der Waals surface area contributed by atoms with E-state index < -0.39 is 0 Å². The van der Waals surface area contributed by atoms with Gasteiger partial charge in [-0.15, -0.1) is 0 Å². The van der Waals surface area contributed by atoms with Crippen LogP contribution in [0.1, 0.15) is 61.6 Å². The summed E-state index contributed by atoms with van der Waals surface area (Å²) < 4.78 is 12.2. The summed E-state index contributed by atoms with van der Waals surface area (Å²) in [7, 11) is 0. The Hall–Kier alpha value is -2.14. The first-order valence-electron chi connectivity index (χ1n) is 13.2. The molecule has 188 valence electrons. The highest BCUT2D eigenvalue weighted by molar-refractivity contribution is 7.13. The molecule has 10 heteroatoms. The summed E-state index contributed by atoms with van der Waals surface area (Å²) in [6, 6.07) is 1.61. The van der Waals surface area contributed by atoms with Crippen molar-refractivity contribution in [2.24, 2.45) is 0 Å². The van der Waals surface area contributed by atoms with Crippen molar-refractivity contribution in [2.45, 2.75) is 70.0 Å². The molecule has 9 nitrogen and oxygen atoms in total. The number of rotatable bonds is 6. The number of ether oxygens (including phenoxy) is 1. The Bertz CT molecular complexity index is 1130. The van der Waals surface area contributed by atoms with Crippen LogP contribution in [-0.2, 0) is 11.2 Å². The lowest BCUT2D eigenvalue weighted by molar-refractivity contribution is 0.0662. The molecule has 0 spiro atoms. The first-order valence-corrected chi connectivity index (χ1v) is 14.0. The van der Waals surface area contributed by atoms with Crippen molar-refractivity contribution in [1.29, 1.82) is 0 Å². The van der Waals surface area contributed by atoms with Gasteiger partial charge in [0, 0.05) is 64.1 Å². The predicted octanol–water partition coefficient (Wildman–Crippen LogP) is 3.16. The quantitative estimate of drug-likeness (QED) is 0.538. The second kappa shape index (κ2) is 10.5. The second-order valence-corrected chi connectivity index (χ2v) is 11.0. The maximum Gasteiger partial charge on any atom is 0.149 e. The Morgan fingerprint density at radius 1 is 1.06 bits per heavy atom. The van der Waals surface area contributed by atoms with E-state index in [1.165, 1.54) is 50.3 Å². The average Bonchev–Trinajstić information content (AvgIpc) is 3.52. The molecule has 0 unspecified atom stereocenters. The summed E-state index contributed by atoms with van der Waals surface area (Å²) >= 11 is 1.47. The van der Waals surface area contributed by atoms with E-state index in [9.17, 15) is 0 Å². The van der Waals surface area contributed by atoms with Gasteiger partial charge in [0.15, 0.2) is 0 Å². The molecule has 0 atom stereocenters. The van der Waals surface area contributed by atoms with E-state index in [-0.39, 0.29) is 0 Å². The van der Waals surface area contributed by atoms with Gasteiger partial charge in [0.2, 0.25) is 0 Å². The fraction of sp³-hybridized carbons (Fsp3) is 0.680. The largest absolute Gasteiger partial charge is 0.381 e. The van der Waals surface area contributed by atoms with E-state index in [1.54, 1.807) is 0 Å². The molecule has 0 radical (unpaired) electrons. The Labute approximate surface area is 210 Å². The molecular weight excluding hydrogens is 460 g/mol. The molecule has 0 bridgehead atoms. The average molecular weight is 497 g/mol. The molecule has 0 amide bonds. The number of fused-ring (bicyclic) bond motifs is 1. The molecule has 35 heavy (non-hydrogen) atoms. The third kappa shape index (κ3) is 5.21. The lowest BCUT2D eigenvalue weighted by atomic mass is 9.89. The van der Waals surface area contributed by atoms with Gasteiger partial charge in [0.1, 0.15) is 16.5 Å². The van der Waals surface area contributed by atoms with Crippen LogP contribution in [0, 0.1) is 6.92 Å². The molecule has 3 aliphatic rings. The monoisotopic (exact) mass is 496 g/mol. The Morgan fingerprint density at radius 3 is 2.66 bits per heavy atom. The Kier molecular flexibility index (Phi) is 6.95. The standard InChI is InChI=1S/C25H36N8OS/c1-17-23-24(28-19-2-4-20(5-3-19)32-10-8-26-9-11-32)29-22(30-25(23)35-31-17)14-18-15-27-33(16-18)21-6-12-34-13-7-21/h15-16,19-21,26H,2-14H2,1H3,(H,28,29,30). The van der Waals surface area contributed by atoms with Gasteiger partial charge >= 0.3 is 0 Å². The van der Waals surface area contributed by atoms with Gasteiger partial charge in [-0.3, -0.25) is 9.58 Å². The molecule has 3 aromatic heterocycles.